The summed E-state index contributed by atoms with van der Waals surface area (Å²) in [6.07, 6.45) is 0.181. The highest BCUT2D eigenvalue weighted by Crippen LogP contribution is 2.17. The summed E-state index contributed by atoms with van der Waals surface area (Å²) < 4.78 is 2.67. The second-order valence-corrected chi connectivity index (χ2v) is 5.42. The fourth-order valence-electron chi connectivity index (χ4n) is 2.65. The molecule has 0 atom stereocenters. The lowest BCUT2D eigenvalue weighted by Crippen LogP contribution is -2.29. The van der Waals surface area contributed by atoms with Crippen molar-refractivity contribution in [1.82, 2.24) is 9.13 Å². The molecule has 0 aliphatic carbocycles. The first-order valence-corrected chi connectivity index (χ1v) is 7.03. The van der Waals surface area contributed by atoms with Crippen LogP contribution in [0.25, 0.3) is 11.0 Å². The number of aromatic nitrogens is 2. The molecule has 3 rings (SSSR count). The number of carbonyl (C=O) groups excluding carboxylic acids is 1. The maximum absolute atomic E-state index is 12.6. The Morgan fingerprint density at radius 1 is 1.14 bits per heavy atom. The highest BCUT2D eigenvalue weighted by atomic mass is 16.2. The molecule has 22 heavy (non-hydrogen) atoms. The van der Waals surface area contributed by atoms with Gasteiger partial charge >= 0.3 is 5.69 Å². The van der Waals surface area contributed by atoms with Crippen LogP contribution in [-0.2, 0) is 13.5 Å². The number of nitrogens with two attached hydrogens (primary N) is 1. The topological polar surface area (TPSA) is 70.0 Å². The molecule has 0 bridgehead atoms. The molecule has 0 saturated carbocycles. The molecule has 0 amide bonds. The van der Waals surface area contributed by atoms with Gasteiger partial charge in [0.05, 0.1) is 17.5 Å². The second kappa shape index (κ2) is 5.18. The number of carbonyl (C=O) groups is 1. The number of aryl methyl sites for hydroxylation is 2. The average molecular weight is 295 g/mol. The van der Waals surface area contributed by atoms with E-state index in [4.69, 9.17) is 5.73 Å². The Bertz CT molecular complexity index is 935. The largest absolute Gasteiger partial charge is 0.399 e. The highest BCUT2D eigenvalue weighted by molar-refractivity contribution is 5.92. The third-order valence-electron chi connectivity index (χ3n) is 3.93. The summed E-state index contributed by atoms with van der Waals surface area (Å²) in [4.78, 5) is 25.0. The summed E-state index contributed by atoms with van der Waals surface area (Å²) in [5.41, 5.74) is 9.16. The number of imidazole rings is 1. The SMILES string of the molecule is Cc1ccccc1CC(=O)n1c(=O)n(C)c2ccc(N)cc21. The highest BCUT2D eigenvalue weighted by Gasteiger charge is 2.17. The molecule has 0 spiro atoms. The molecule has 0 saturated heterocycles. The number of hydrogen-bond acceptors (Lipinski definition) is 3. The van der Waals surface area contributed by atoms with Crippen molar-refractivity contribution >= 4 is 22.6 Å². The summed E-state index contributed by atoms with van der Waals surface area (Å²) in [5, 5.41) is 0. The zero-order valence-corrected chi connectivity index (χ0v) is 12.5. The van der Waals surface area contributed by atoms with Crippen molar-refractivity contribution in [2.75, 3.05) is 5.73 Å². The first-order chi connectivity index (χ1) is 10.5. The number of nitrogen functional groups attached to an aromatic ring is 1. The number of nitrogens with zero attached hydrogens (tertiary/aromatic N) is 2. The molecule has 112 valence electrons. The van der Waals surface area contributed by atoms with Gasteiger partial charge in [0.15, 0.2) is 0 Å². The van der Waals surface area contributed by atoms with Gasteiger partial charge in [0.2, 0.25) is 5.91 Å². The minimum atomic E-state index is -0.348. The Morgan fingerprint density at radius 2 is 1.86 bits per heavy atom. The molecule has 0 unspecified atom stereocenters. The fraction of sp³-hybridized carbons (Fsp3) is 0.176. The van der Waals surface area contributed by atoms with Crippen molar-refractivity contribution in [2.24, 2.45) is 7.05 Å². The zero-order chi connectivity index (χ0) is 15.9. The normalized spacial score (nSPS) is 11.0. The van der Waals surface area contributed by atoms with Gasteiger partial charge in [0.1, 0.15) is 0 Å². The van der Waals surface area contributed by atoms with Crippen molar-refractivity contribution in [3.05, 3.63) is 64.1 Å². The molecular formula is C17H17N3O2. The fourth-order valence-corrected chi connectivity index (χ4v) is 2.65. The minimum absolute atomic E-state index is 0.181. The van der Waals surface area contributed by atoms with E-state index in [-0.39, 0.29) is 18.0 Å². The van der Waals surface area contributed by atoms with Crippen LogP contribution < -0.4 is 11.4 Å². The quantitative estimate of drug-likeness (QED) is 0.736. The maximum atomic E-state index is 12.6. The van der Waals surface area contributed by atoms with E-state index in [1.165, 1.54) is 9.13 Å². The Kier molecular flexibility index (Phi) is 3.33. The number of anilines is 1. The van der Waals surface area contributed by atoms with Gasteiger partial charge < -0.3 is 5.73 Å². The van der Waals surface area contributed by atoms with Crippen molar-refractivity contribution in [2.45, 2.75) is 13.3 Å². The van der Waals surface area contributed by atoms with Crippen LogP contribution in [-0.4, -0.2) is 15.0 Å². The van der Waals surface area contributed by atoms with Gasteiger partial charge in [-0.1, -0.05) is 24.3 Å². The number of fused-ring (bicyclic) bond motifs is 1. The second-order valence-electron chi connectivity index (χ2n) is 5.42. The monoisotopic (exact) mass is 295 g/mol. The Labute approximate surface area is 127 Å². The van der Waals surface area contributed by atoms with Gasteiger partial charge in [0.25, 0.3) is 0 Å². The summed E-state index contributed by atoms with van der Waals surface area (Å²) >= 11 is 0. The first-order valence-electron chi connectivity index (χ1n) is 7.03. The number of rotatable bonds is 2. The molecule has 5 nitrogen and oxygen atoms in total. The van der Waals surface area contributed by atoms with Crippen LogP contribution in [0.3, 0.4) is 0 Å². The summed E-state index contributed by atoms with van der Waals surface area (Å²) in [6.45, 7) is 1.95. The molecule has 1 heterocycles. The van der Waals surface area contributed by atoms with E-state index in [0.717, 1.165) is 11.1 Å². The molecule has 2 aromatic carbocycles. The van der Waals surface area contributed by atoms with E-state index in [2.05, 4.69) is 0 Å². The molecule has 0 fully saturated rings. The van der Waals surface area contributed by atoms with Crippen LogP contribution in [0, 0.1) is 6.92 Å². The van der Waals surface area contributed by atoms with E-state index in [0.29, 0.717) is 16.7 Å². The molecular weight excluding hydrogens is 278 g/mol. The lowest BCUT2D eigenvalue weighted by Gasteiger charge is -2.06. The van der Waals surface area contributed by atoms with Crippen molar-refractivity contribution in [3.63, 3.8) is 0 Å². The Hall–Kier alpha value is -2.82. The average Bonchev–Trinajstić information content (AvgIpc) is 2.73. The first kappa shape index (κ1) is 14.1. The van der Waals surface area contributed by atoms with Gasteiger partial charge in [-0.25, -0.2) is 9.36 Å². The van der Waals surface area contributed by atoms with Gasteiger partial charge in [-0.15, -0.1) is 0 Å². The summed E-state index contributed by atoms with van der Waals surface area (Å²) in [6, 6.07) is 12.8. The van der Waals surface area contributed by atoms with E-state index in [9.17, 15) is 9.59 Å². The van der Waals surface area contributed by atoms with Crippen molar-refractivity contribution < 1.29 is 4.79 Å². The third-order valence-corrected chi connectivity index (χ3v) is 3.93. The van der Waals surface area contributed by atoms with E-state index in [1.807, 2.05) is 31.2 Å². The Morgan fingerprint density at radius 3 is 2.59 bits per heavy atom. The molecule has 5 heteroatoms. The van der Waals surface area contributed by atoms with Gasteiger partial charge in [0, 0.05) is 12.7 Å². The van der Waals surface area contributed by atoms with E-state index in [1.54, 1.807) is 25.2 Å². The molecule has 0 aliphatic heterocycles. The maximum Gasteiger partial charge on any atom is 0.335 e. The standard InChI is InChI=1S/C17H17N3O2/c1-11-5-3-4-6-12(11)9-16(21)20-15-10-13(18)7-8-14(15)19(2)17(20)22/h3-8,10H,9,18H2,1-2H3. The van der Waals surface area contributed by atoms with Crippen molar-refractivity contribution in [1.29, 1.82) is 0 Å². The molecule has 0 aliphatic rings. The lowest BCUT2D eigenvalue weighted by atomic mass is 10.1. The van der Waals surface area contributed by atoms with Crippen LogP contribution in [0.2, 0.25) is 0 Å². The van der Waals surface area contributed by atoms with Gasteiger partial charge in [-0.3, -0.25) is 9.36 Å². The predicted octanol–water partition coefficient (Wildman–Crippen LogP) is 2.11. The molecule has 3 aromatic rings. The summed E-state index contributed by atoms with van der Waals surface area (Å²) in [5.74, 6) is -0.254. The molecule has 0 radical (unpaired) electrons. The third kappa shape index (κ3) is 2.20. The minimum Gasteiger partial charge on any atom is -0.399 e. The van der Waals surface area contributed by atoms with Gasteiger partial charge in [-0.05, 0) is 36.2 Å². The van der Waals surface area contributed by atoms with E-state index >= 15 is 0 Å². The van der Waals surface area contributed by atoms with Crippen LogP contribution in [0.4, 0.5) is 5.69 Å². The Balaban J connectivity index is 2.12. The smallest absolute Gasteiger partial charge is 0.335 e. The number of benzene rings is 2. The number of hydrogen-bond donors (Lipinski definition) is 1. The zero-order valence-electron chi connectivity index (χ0n) is 12.5. The van der Waals surface area contributed by atoms with Crippen LogP contribution >= 0.6 is 0 Å². The molecule has 1 aromatic heterocycles. The van der Waals surface area contributed by atoms with Gasteiger partial charge in [-0.2, -0.15) is 0 Å². The molecule has 2 N–H and O–H groups in total. The van der Waals surface area contributed by atoms with Crippen LogP contribution in [0.15, 0.2) is 47.3 Å². The summed E-state index contributed by atoms with van der Waals surface area (Å²) in [7, 11) is 1.65. The van der Waals surface area contributed by atoms with Crippen molar-refractivity contribution in [3.8, 4) is 0 Å². The van der Waals surface area contributed by atoms with E-state index < -0.39 is 0 Å². The lowest BCUT2D eigenvalue weighted by molar-refractivity contribution is 0.0914. The predicted molar refractivity (Wildman–Crippen MR) is 87.1 cm³/mol. The van der Waals surface area contributed by atoms with Crippen LogP contribution in [0.5, 0.6) is 0 Å². The van der Waals surface area contributed by atoms with Crippen LogP contribution in [0.1, 0.15) is 15.9 Å².